The molecule has 4 heteroatoms. The lowest BCUT2D eigenvalue weighted by molar-refractivity contribution is 0.159. The van der Waals surface area contributed by atoms with E-state index < -0.39 is 0 Å². The molecule has 3 rings (SSSR count). The number of hydrogen-bond donors (Lipinski definition) is 1. The van der Waals surface area contributed by atoms with E-state index in [1.54, 1.807) is 0 Å². The molecule has 3 heterocycles. The molecule has 0 saturated carbocycles. The van der Waals surface area contributed by atoms with Crippen LogP contribution in [0.2, 0.25) is 0 Å². The summed E-state index contributed by atoms with van der Waals surface area (Å²) in [6, 6.07) is 1.48. The lowest BCUT2D eigenvalue weighted by Gasteiger charge is -2.35. The molecular weight excluding hydrogens is 260 g/mol. The molecule has 0 aliphatic carbocycles. The molecule has 0 spiro atoms. The minimum absolute atomic E-state index is 0.542. The predicted molar refractivity (Wildman–Crippen MR) is 86.9 cm³/mol. The highest BCUT2D eigenvalue weighted by molar-refractivity contribution is 5.46. The highest BCUT2D eigenvalue weighted by atomic mass is 15.2. The van der Waals surface area contributed by atoms with Crippen molar-refractivity contribution in [3.63, 3.8) is 0 Å². The monoisotopic (exact) mass is 288 g/mol. The number of aromatic nitrogens is 2. The van der Waals surface area contributed by atoms with Gasteiger partial charge in [0.2, 0.25) is 0 Å². The number of fused-ring (bicyclic) bond motifs is 2. The van der Waals surface area contributed by atoms with Gasteiger partial charge < -0.3 is 10.2 Å². The van der Waals surface area contributed by atoms with E-state index in [1.165, 1.54) is 31.2 Å². The number of aryl methyl sites for hydroxylation is 1. The van der Waals surface area contributed by atoms with Crippen LogP contribution < -0.4 is 5.32 Å². The van der Waals surface area contributed by atoms with E-state index in [2.05, 4.69) is 38.0 Å². The number of hydrogen-bond acceptors (Lipinski definition) is 4. The molecule has 1 aromatic heterocycles. The average molecular weight is 288 g/mol. The summed E-state index contributed by atoms with van der Waals surface area (Å²) in [6.45, 7) is 7.37. The van der Waals surface area contributed by atoms with Gasteiger partial charge in [0.05, 0.1) is 0 Å². The Morgan fingerprint density at radius 3 is 2.38 bits per heavy atom. The minimum atomic E-state index is 0.542. The largest absolute Gasteiger partial charge is 0.370 e. The zero-order valence-corrected chi connectivity index (χ0v) is 13.8. The molecule has 4 nitrogen and oxygen atoms in total. The molecular formula is C17H28N4. The average Bonchev–Trinajstić information content (AvgIpc) is 2.69. The Morgan fingerprint density at radius 2 is 1.81 bits per heavy atom. The molecule has 2 fully saturated rings. The highest BCUT2D eigenvalue weighted by Crippen LogP contribution is 2.41. The first kappa shape index (κ1) is 14.8. The van der Waals surface area contributed by atoms with Crippen LogP contribution >= 0.6 is 0 Å². The van der Waals surface area contributed by atoms with Crippen molar-refractivity contribution in [2.75, 3.05) is 18.9 Å². The number of nitrogens with zero attached hydrogens (tertiary/aromatic N) is 3. The fourth-order valence-electron chi connectivity index (χ4n) is 4.16. The fourth-order valence-corrected chi connectivity index (χ4v) is 4.16. The lowest BCUT2D eigenvalue weighted by atomic mass is 9.90. The molecule has 21 heavy (non-hydrogen) atoms. The molecule has 1 aromatic rings. The second kappa shape index (κ2) is 5.91. The maximum absolute atomic E-state index is 4.90. The van der Waals surface area contributed by atoms with Gasteiger partial charge in [-0.2, -0.15) is 0 Å². The Balaban J connectivity index is 1.89. The van der Waals surface area contributed by atoms with E-state index in [0.29, 0.717) is 5.92 Å². The van der Waals surface area contributed by atoms with Crippen LogP contribution in [0, 0.1) is 6.92 Å². The molecule has 116 valence electrons. The topological polar surface area (TPSA) is 41.1 Å². The zero-order chi connectivity index (χ0) is 15.0. The van der Waals surface area contributed by atoms with E-state index >= 15 is 0 Å². The van der Waals surface area contributed by atoms with Crippen molar-refractivity contribution in [1.29, 1.82) is 0 Å². The number of piperidine rings is 1. The lowest BCUT2D eigenvalue weighted by Crippen LogP contribution is -2.39. The Bertz CT molecular complexity index is 500. The number of anilines is 1. The molecule has 2 unspecified atom stereocenters. The normalized spacial score (nSPS) is 28.9. The second-order valence-corrected chi connectivity index (χ2v) is 6.60. The maximum Gasteiger partial charge on any atom is 0.134 e. The van der Waals surface area contributed by atoms with Crippen LogP contribution in [-0.2, 0) is 6.42 Å². The first-order valence-electron chi connectivity index (χ1n) is 8.47. The third-order valence-electron chi connectivity index (χ3n) is 5.39. The van der Waals surface area contributed by atoms with E-state index in [1.807, 2.05) is 0 Å². The van der Waals surface area contributed by atoms with Gasteiger partial charge in [-0.15, -0.1) is 0 Å². The van der Waals surface area contributed by atoms with Crippen LogP contribution in [0.15, 0.2) is 0 Å². The van der Waals surface area contributed by atoms with E-state index in [-0.39, 0.29) is 0 Å². The molecule has 0 amide bonds. The summed E-state index contributed by atoms with van der Waals surface area (Å²) in [5.41, 5.74) is 2.43. The summed E-state index contributed by atoms with van der Waals surface area (Å²) < 4.78 is 0. The maximum atomic E-state index is 4.90. The summed E-state index contributed by atoms with van der Waals surface area (Å²) in [7, 11) is 2.29. The van der Waals surface area contributed by atoms with Crippen LogP contribution in [0.5, 0.6) is 0 Å². The SMILES string of the molecule is CCNc1nc(C2CC3CCC(C2)N3C)nc(C)c1CC. The first-order chi connectivity index (χ1) is 10.1. The van der Waals surface area contributed by atoms with Gasteiger partial charge in [-0.3, -0.25) is 0 Å². The summed E-state index contributed by atoms with van der Waals surface area (Å²) in [6.07, 6.45) is 6.15. The molecule has 1 N–H and O–H groups in total. The smallest absolute Gasteiger partial charge is 0.134 e. The molecule has 2 aliphatic heterocycles. The van der Waals surface area contributed by atoms with Crippen molar-refractivity contribution >= 4 is 5.82 Å². The summed E-state index contributed by atoms with van der Waals surface area (Å²) in [5, 5.41) is 3.43. The van der Waals surface area contributed by atoms with Gasteiger partial charge in [0, 0.05) is 35.8 Å². The van der Waals surface area contributed by atoms with Gasteiger partial charge in [0.1, 0.15) is 11.6 Å². The van der Waals surface area contributed by atoms with Crippen LogP contribution in [0.3, 0.4) is 0 Å². The second-order valence-electron chi connectivity index (χ2n) is 6.60. The number of nitrogens with one attached hydrogen (secondary N) is 1. The van der Waals surface area contributed by atoms with Gasteiger partial charge in [-0.25, -0.2) is 9.97 Å². The third kappa shape index (κ3) is 2.66. The first-order valence-corrected chi connectivity index (χ1v) is 8.47. The van der Waals surface area contributed by atoms with Crippen molar-refractivity contribution in [2.45, 2.75) is 70.9 Å². The summed E-state index contributed by atoms with van der Waals surface area (Å²) in [5.74, 6) is 2.68. The molecule has 2 saturated heterocycles. The zero-order valence-electron chi connectivity index (χ0n) is 13.8. The molecule has 0 aromatic carbocycles. The Morgan fingerprint density at radius 1 is 1.14 bits per heavy atom. The van der Waals surface area contributed by atoms with Crippen molar-refractivity contribution in [1.82, 2.24) is 14.9 Å². The van der Waals surface area contributed by atoms with Gasteiger partial charge in [0.15, 0.2) is 0 Å². The Hall–Kier alpha value is -1.16. The number of rotatable bonds is 4. The van der Waals surface area contributed by atoms with Crippen molar-refractivity contribution < 1.29 is 0 Å². The third-order valence-corrected chi connectivity index (χ3v) is 5.39. The van der Waals surface area contributed by atoms with Gasteiger partial charge in [0.25, 0.3) is 0 Å². The van der Waals surface area contributed by atoms with Gasteiger partial charge >= 0.3 is 0 Å². The van der Waals surface area contributed by atoms with Crippen LogP contribution in [0.1, 0.15) is 62.5 Å². The molecule has 2 aliphatic rings. The van der Waals surface area contributed by atoms with Crippen LogP contribution in [-0.4, -0.2) is 40.5 Å². The van der Waals surface area contributed by atoms with Crippen LogP contribution in [0.25, 0.3) is 0 Å². The quantitative estimate of drug-likeness (QED) is 0.924. The van der Waals surface area contributed by atoms with Crippen molar-refractivity contribution in [3.05, 3.63) is 17.1 Å². The van der Waals surface area contributed by atoms with Crippen molar-refractivity contribution in [2.24, 2.45) is 0 Å². The van der Waals surface area contributed by atoms with Gasteiger partial charge in [-0.05, 0) is 53.0 Å². The molecule has 2 bridgehead atoms. The van der Waals surface area contributed by atoms with E-state index in [9.17, 15) is 0 Å². The minimum Gasteiger partial charge on any atom is -0.370 e. The summed E-state index contributed by atoms with van der Waals surface area (Å²) in [4.78, 5) is 12.3. The highest BCUT2D eigenvalue weighted by Gasteiger charge is 2.40. The molecule has 0 radical (unpaired) electrons. The fraction of sp³-hybridized carbons (Fsp3) is 0.765. The summed E-state index contributed by atoms with van der Waals surface area (Å²) >= 11 is 0. The van der Waals surface area contributed by atoms with Crippen molar-refractivity contribution in [3.8, 4) is 0 Å². The molecule has 2 atom stereocenters. The standard InChI is InChI=1S/C17H28N4/c1-5-15-11(3)19-16(20-17(15)18-6-2)12-9-13-7-8-14(10-12)21(13)4/h12-14H,5-10H2,1-4H3,(H,18,19,20). The van der Waals surface area contributed by atoms with Gasteiger partial charge in [-0.1, -0.05) is 6.92 Å². The predicted octanol–water partition coefficient (Wildman–Crippen LogP) is 3.12. The van der Waals surface area contributed by atoms with E-state index in [4.69, 9.17) is 9.97 Å². The Labute approximate surface area is 128 Å². The Kier molecular flexibility index (Phi) is 4.16. The van der Waals surface area contributed by atoms with E-state index in [0.717, 1.165) is 42.4 Å². The van der Waals surface area contributed by atoms with Crippen LogP contribution in [0.4, 0.5) is 5.82 Å².